The third-order valence-electron chi connectivity index (χ3n) is 1.55. The molecule has 0 fully saturated rings. The Bertz CT molecular complexity index is 274. The van der Waals surface area contributed by atoms with Gasteiger partial charge in [0.2, 0.25) is 0 Å². The number of alkyl halides is 2. The Labute approximate surface area is 74.0 Å². The van der Waals surface area contributed by atoms with E-state index in [0.29, 0.717) is 5.75 Å². The maximum absolute atomic E-state index is 12.8. The van der Waals surface area contributed by atoms with Crippen LogP contribution in [-0.2, 0) is 5.92 Å². The molecule has 72 valence electrons. The number of nitrogens with zero attached hydrogens (tertiary/aromatic N) is 1. The molecular formula is C8H9F2NO2. The Kier molecular flexibility index (Phi) is 2.77. The Morgan fingerprint density at radius 2 is 2.23 bits per heavy atom. The summed E-state index contributed by atoms with van der Waals surface area (Å²) in [5.41, 5.74) is -0.462. The predicted octanol–water partition coefficient (Wildman–Crippen LogP) is 1.17. The molecule has 1 heterocycles. The summed E-state index contributed by atoms with van der Waals surface area (Å²) in [4.78, 5) is 3.46. The number of rotatable bonds is 3. The van der Waals surface area contributed by atoms with Gasteiger partial charge in [-0.25, -0.2) is 0 Å². The molecule has 5 heteroatoms. The minimum absolute atomic E-state index is 0.400. The molecule has 0 unspecified atom stereocenters. The van der Waals surface area contributed by atoms with E-state index in [2.05, 4.69) is 4.98 Å². The van der Waals surface area contributed by atoms with Gasteiger partial charge in [-0.05, 0) is 12.1 Å². The molecule has 0 saturated heterocycles. The molecule has 0 saturated carbocycles. The second-order valence-electron chi connectivity index (χ2n) is 2.45. The van der Waals surface area contributed by atoms with Crippen molar-refractivity contribution in [3.63, 3.8) is 0 Å². The lowest BCUT2D eigenvalue weighted by Gasteiger charge is -2.12. The van der Waals surface area contributed by atoms with Crippen molar-refractivity contribution >= 4 is 0 Å². The third-order valence-corrected chi connectivity index (χ3v) is 1.55. The first-order valence-electron chi connectivity index (χ1n) is 3.59. The van der Waals surface area contributed by atoms with E-state index in [4.69, 9.17) is 9.84 Å². The molecule has 0 aliphatic rings. The molecule has 0 aromatic carbocycles. The zero-order valence-corrected chi connectivity index (χ0v) is 7.00. The summed E-state index contributed by atoms with van der Waals surface area (Å²) in [5, 5.41) is 8.35. The number of ether oxygens (including phenoxy) is 1. The standard InChI is InChI=1S/C8H9F2NO2/c1-13-6-2-3-7(11-4-6)8(9,10)5-12/h2-4,12H,5H2,1H3. The van der Waals surface area contributed by atoms with E-state index in [9.17, 15) is 8.78 Å². The Morgan fingerprint density at radius 1 is 1.54 bits per heavy atom. The van der Waals surface area contributed by atoms with Gasteiger partial charge < -0.3 is 9.84 Å². The van der Waals surface area contributed by atoms with Crippen LogP contribution in [0.2, 0.25) is 0 Å². The van der Waals surface area contributed by atoms with E-state index in [-0.39, 0.29) is 0 Å². The number of aliphatic hydroxyl groups excluding tert-OH is 1. The molecule has 0 amide bonds. The van der Waals surface area contributed by atoms with Crippen LogP contribution in [0.1, 0.15) is 5.69 Å². The highest BCUT2D eigenvalue weighted by molar-refractivity contribution is 5.21. The first-order chi connectivity index (χ1) is 6.10. The van der Waals surface area contributed by atoms with E-state index in [1.54, 1.807) is 0 Å². The molecule has 1 aromatic rings. The number of halogens is 2. The minimum atomic E-state index is -3.29. The van der Waals surface area contributed by atoms with Crippen molar-refractivity contribution < 1.29 is 18.6 Å². The lowest BCUT2D eigenvalue weighted by atomic mass is 10.2. The van der Waals surface area contributed by atoms with Gasteiger partial charge in [-0.3, -0.25) is 4.98 Å². The Morgan fingerprint density at radius 3 is 2.62 bits per heavy atom. The van der Waals surface area contributed by atoms with Crippen LogP contribution in [0.25, 0.3) is 0 Å². The van der Waals surface area contributed by atoms with Crippen LogP contribution in [0.15, 0.2) is 18.3 Å². The van der Waals surface area contributed by atoms with E-state index < -0.39 is 18.2 Å². The molecule has 0 atom stereocenters. The molecule has 0 aliphatic carbocycles. The highest BCUT2D eigenvalue weighted by Gasteiger charge is 2.31. The smallest absolute Gasteiger partial charge is 0.312 e. The normalized spacial score (nSPS) is 11.4. The average Bonchev–Trinajstić information content (AvgIpc) is 2.18. The summed E-state index contributed by atoms with van der Waals surface area (Å²) in [7, 11) is 1.42. The topological polar surface area (TPSA) is 42.4 Å². The maximum Gasteiger partial charge on any atom is 0.312 e. The van der Waals surface area contributed by atoms with Crippen LogP contribution < -0.4 is 4.74 Å². The zero-order chi connectivity index (χ0) is 9.90. The van der Waals surface area contributed by atoms with Crippen LogP contribution in [-0.4, -0.2) is 23.8 Å². The predicted molar refractivity (Wildman–Crippen MR) is 41.8 cm³/mol. The Balaban J connectivity index is 2.92. The van der Waals surface area contributed by atoms with Crippen molar-refractivity contribution in [1.82, 2.24) is 4.98 Å². The van der Waals surface area contributed by atoms with Gasteiger partial charge in [0.25, 0.3) is 0 Å². The van der Waals surface area contributed by atoms with E-state index in [0.717, 1.165) is 6.07 Å². The van der Waals surface area contributed by atoms with Crippen molar-refractivity contribution in [2.45, 2.75) is 5.92 Å². The van der Waals surface area contributed by atoms with Gasteiger partial charge in [-0.1, -0.05) is 0 Å². The minimum Gasteiger partial charge on any atom is -0.495 e. The van der Waals surface area contributed by atoms with Gasteiger partial charge >= 0.3 is 5.92 Å². The van der Waals surface area contributed by atoms with Gasteiger partial charge in [0, 0.05) is 0 Å². The quantitative estimate of drug-likeness (QED) is 0.776. The number of aliphatic hydroxyl groups is 1. The van der Waals surface area contributed by atoms with Crippen molar-refractivity contribution in [3.8, 4) is 5.75 Å². The second-order valence-corrected chi connectivity index (χ2v) is 2.45. The molecule has 0 aliphatic heterocycles. The number of hydrogen-bond donors (Lipinski definition) is 1. The third kappa shape index (κ3) is 2.12. The number of methoxy groups -OCH3 is 1. The second kappa shape index (κ2) is 3.66. The number of pyridine rings is 1. The van der Waals surface area contributed by atoms with Crippen LogP contribution in [0.3, 0.4) is 0 Å². The molecular weight excluding hydrogens is 180 g/mol. The van der Waals surface area contributed by atoms with Crippen molar-refractivity contribution in [1.29, 1.82) is 0 Å². The molecule has 1 N–H and O–H groups in total. The van der Waals surface area contributed by atoms with Gasteiger partial charge in [0.05, 0.1) is 13.3 Å². The lowest BCUT2D eigenvalue weighted by molar-refractivity contribution is -0.0592. The summed E-state index contributed by atoms with van der Waals surface area (Å²) < 4.78 is 30.3. The van der Waals surface area contributed by atoms with E-state index in [1.807, 2.05) is 0 Å². The molecule has 0 radical (unpaired) electrons. The highest BCUT2D eigenvalue weighted by Crippen LogP contribution is 2.25. The van der Waals surface area contributed by atoms with Crippen molar-refractivity contribution in [2.75, 3.05) is 13.7 Å². The number of hydrogen-bond acceptors (Lipinski definition) is 3. The largest absolute Gasteiger partial charge is 0.495 e. The van der Waals surface area contributed by atoms with Crippen LogP contribution in [0.4, 0.5) is 8.78 Å². The first-order valence-corrected chi connectivity index (χ1v) is 3.59. The Hall–Kier alpha value is -1.23. The summed E-state index contributed by atoms with van der Waals surface area (Å²) >= 11 is 0. The SMILES string of the molecule is COc1ccc(C(F)(F)CO)nc1. The van der Waals surface area contributed by atoms with Gasteiger partial charge in [-0.15, -0.1) is 0 Å². The maximum atomic E-state index is 12.8. The van der Waals surface area contributed by atoms with E-state index in [1.165, 1.54) is 19.4 Å². The van der Waals surface area contributed by atoms with Crippen LogP contribution >= 0.6 is 0 Å². The fourth-order valence-electron chi connectivity index (χ4n) is 0.798. The fraction of sp³-hybridized carbons (Fsp3) is 0.375. The summed E-state index contributed by atoms with van der Waals surface area (Å²) in [6.45, 7) is -1.24. The molecule has 1 aromatic heterocycles. The van der Waals surface area contributed by atoms with E-state index >= 15 is 0 Å². The van der Waals surface area contributed by atoms with Crippen molar-refractivity contribution in [2.24, 2.45) is 0 Å². The van der Waals surface area contributed by atoms with Crippen LogP contribution in [0.5, 0.6) is 5.75 Å². The van der Waals surface area contributed by atoms with Crippen molar-refractivity contribution in [3.05, 3.63) is 24.0 Å². The van der Waals surface area contributed by atoms with Gasteiger partial charge in [0.15, 0.2) is 0 Å². The van der Waals surface area contributed by atoms with Crippen LogP contribution in [0, 0.1) is 0 Å². The summed E-state index contributed by atoms with van der Waals surface area (Å²) in [5.74, 6) is -2.88. The first kappa shape index (κ1) is 9.85. The van der Waals surface area contributed by atoms with Gasteiger partial charge in [-0.2, -0.15) is 8.78 Å². The lowest BCUT2D eigenvalue weighted by Crippen LogP contribution is -2.19. The fourth-order valence-corrected chi connectivity index (χ4v) is 0.798. The monoisotopic (exact) mass is 189 g/mol. The zero-order valence-electron chi connectivity index (χ0n) is 7.00. The summed E-state index contributed by atoms with van der Waals surface area (Å²) in [6.07, 6.45) is 1.18. The van der Waals surface area contributed by atoms with Gasteiger partial charge in [0.1, 0.15) is 18.1 Å². The molecule has 0 spiro atoms. The summed E-state index contributed by atoms with van der Waals surface area (Å²) in [6, 6.07) is 2.49. The highest BCUT2D eigenvalue weighted by atomic mass is 19.3. The average molecular weight is 189 g/mol. The molecule has 1 rings (SSSR count). The number of aromatic nitrogens is 1. The molecule has 3 nitrogen and oxygen atoms in total. The molecule has 13 heavy (non-hydrogen) atoms. The molecule has 0 bridgehead atoms.